The Morgan fingerprint density at radius 2 is 2.17 bits per heavy atom. The van der Waals surface area contributed by atoms with E-state index in [0.29, 0.717) is 5.25 Å². The molecule has 3 heterocycles. The molecule has 0 spiro atoms. The van der Waals surface area contributed by atoms with E-state index >= 15 is 0 Å². The number of nitrogens with one attached hydrogen (secondary N) is 1. The minimum atomic E-state index is -0.473. The summed E-state index contributed by atoms with van der Waals surface area (Å²) in [7, 11) is 0. The van der Waals surface area contributed by atoms with Crippen molar-refractivity contribution in [2.24, 2.45) is 0 Å². The van der Waals surface area contributed by atoms with Crippen LogP contribution in [0.15, 0.2) is 39.4 Å². The number of aryl methyl sites for hydroxylation is 1. The summed E-state index contributed by atoms with van der Waals surface area (Å²) in [6.07, 6.45) is 2.65. The number of amides is 1. The van der Waals surface area contributed by atoms with E-state index in [4.69, 9.17) is 0 Å². The van der Waals surface area contributed by atoms with Gasteiger partial charge in [-0.15, -0.1) is 11.3 Å². The van der Waals surface area contributed by atoms with Crippen molar-refractivity contribution in [2.45, 2.75) is 24.6 Å². The molecule has 24 heavy (non-hydrogen) atoms. The molecule has 8 heteroatoms. The Kier molecular flexibility index (Phi) is 5.57. The number of aromatic nitrogens is 2. The van der Waals surface area contributed by atoms with Crippen molar-refractivity contribution in [1.82, 2.24) is 14.5 Å². The first kappa shape index (κ1) is 17.0. The van der Waals surface area contributed by atoms with E-state index in [2.05, 4.69) is 22.5 Å². The highest BCUT2D eigenvalue weighted by molar-refractivity contribution is 7.99. The third kappa shape index (κ3) is 4.18. The molecule has 0 bridgehead atoms. The van der Waals surface area contributed by atoms with Crippen LogP contribution in [0.3, 0.4) is 0 Å². The zero-order valence-corrected chi connectivity index (χ0v) is 14.8. The molecule has 2 aromatic rings. The number of hydrogen-bond acceptors (Lipinski definition) is 5. The number of carbonyl (C=O) groups excluding carboxylic acids is 1. The van der Waals surface area contributed by atoms with Crippen LogP contribution in [0.2, 0.25) is 0 Å². The summed E-state index contributed by atoms with van der Waals surface area (Å²) in [5, 5.41) is 2.55. The van der Waals surface area contributed by atoms with E-state index in [1.165, 1.54) is 21.7 Å². The van der Waals surface area contributed by atoms with E-state index in [0.717, 1.165) is 25.3 Å². The van der Waals surface area contributed by atoms with Gasteiger partial charge in [0.05, 0.1) is 0 Å². The maximum atomic E-state index is 12.4. The Morgan fingerprint density at radius 3 is 2.92 bits per heavy atom. The monoisotopic (exact) mass is 365 g/mol. The van der Waals surface area contributed by atoms with Crippen molar-refractivity contribution in [3.8, 4) is 0 Å². The molecule has 0 aromatic carbocycles. The molecule has 0 unspecified atom stereocenters. The van der Waals surface area contributed by atoms with Gasteiger partial charge in [0.15, 0.2) is 0 Å². The summed E-state index contributed by atoms with van der Waals surface area (Å²) >= 11 is 3.67. The van der Waals surface area contributed by atoms with Crippen LogP contribution in [-0.4, -0.2) is 39.2 Å². The number of carbonyl (C=O) groups is 1. The summed E-state index contributed by atoms with van der Waals surface area (Å²) < 4.78 is 1.36. The normalized spacial score (nSPS) is 18.3. The SMILES string of the molecule is O=C(CCn1ccc(=O)[nH]c1=O)N1CCS[C@H](c2cccs2)CC1. The molecule has 0 radical (unpaired) electrons. The lowest BCUT2D eigenvalue weighted by Crippen LogP contribution is -2.35. The van der Waals surface area contributed by atoms with Crippen molar-refractivity contribution in [3.63, 3.8) is 0 Å². The number of aromatic amines is 1. The van der Waals surface area contributed by atoms with Gasteiger partial charge in [0.1, 0.15) is 0 Å². The molecule has 2 aromatic heterocycles. The molecule has 6 nitrogen and oxygen atoms in total. The number of nitrogens with zero attached hydrogens (tertiary/aromatic N) is 2. The molecule has 1 amide bonds. The summed E-state index contributed by atoms with van der Waals surface area (Å²) in [5.41, 5.74) is -0.897. The van der Waals surface area contributed by atoms with Gasteiger partial charge in [-0.05, 0) is 17.9 Å². The van der Waals surface area contributed by atoms with Crippen molar-refractivity contribution < 1.29 is 4.79 Å². The van der Waals surface area contributed by atoms with Crippen molar-refractivity contribution in [1.29, 1.82) is 0 Å². The topological polar surface area (TPSA) is 75.2 Å². The largest absolute Gasteiger partial charge is 0.342 e. The van der Waals surface area contributed by atoms with Gasteiger partial charge in [-0.2, -0.15) is 11.8 Å². The minimum absolute atomic E-state index is 0.0560. The quantitative estimate of drug-likeness (QED) is 0.895. The number of hydrogen-bond donors (Lipinski definition) is 1. The van der Waals surface area contributed by atoms with Crippen LogP contribution in [0.1, 0.15) is 23.0 Å². The van der Waals surface area contributed by atoms with Crippen molar-refractivity contribution >= 4 is 29.0 Å². The van der Waals surface area contributed by atoms with Gasteiger partial charge in [0, 0.05) is 54.2 Å². The summed E-state index contributed by atoms with van der Waals surface area (Å²) in [6.45, 7) is 1.77. The van der Waals surface area contributed by atoms with Crippen LogP contribution in [0.4, 0.5) is 0 Å². The van der Waals surface area contributed by atoms with Crippen LogP contribution in [0, 0.1) is 0 Å². The molecule has 1 N–H and O–H groups in total. The maximum Gasteiger partial charge on any atom is 0.328 e. The standard InChI is InChI=1S/C16H19N3O3S2/c20-14-4-7-19(16(22)17-14)8-5-15(21)18-6-3-13(24-11-9-18)12-2-1-10-23-12/h1-2,4,7,10,13H,3,5-6,8-9,11H2,(H,17,20,22)/t13-/m0/s1. The molecular weight excluding hydrogens is 346 g/mol. The van der Waals surface area contributed by atoms with Crippen LogP contribution < -0.4 is 11.2 Å². The third-order valence-electron chi connectivity index (χ3n) is 4.02. The lowest BCUT2D eigenvalue weighted by Gasteiger charge is -2.20. The Balaban J connectivity index is 1.55. The summed E-state index contributed by atoms with van der Waals surface area (Å²) in [4.78, 5) is 40.6. The predicted octanol–water partition coefficient (Wildman–Crippen LogP) is 1.69. The minimum Gasteiger partial charge on any atom is -0.342 e. The van der Waals surface area contributed by atoms with Crippen LogP contribution in [0.5, 0.6) is 0 Å². The molecule has 128 valence electrons. The van der Waals surface area contributed by atoms with Gasteiger partial charge in [0.2, 0.25) is 5.91 Å². The molecule has 1 atom stereocenters. The zero-order chi connectivity index (χ0) is 16.9. The highest BCUT2D eigenvalue weighted by atomic mass is 32.2. The van der Waals surface area contributed by atoms with Gasteiger partial charge in [-0.25, -0.2) is 4.79 Å². The summed E-state index contributed by atoms with van der Waals surface area (Å²) in [5.74, 6) is 0.980. The molecule has 1 aliphatic heterocycles. The van der Waals surface area contributed by atoms with E-state index in [1.807, 2.05) is 16.7 Å². The maximum absolute atomic E-state index is 12.4. The first-order valence-electron chi connectivity index (χ1n) is 7.86. The average molecular weight is 365 g/mol. The molecular formula is C16H19N3O3S2. The Labute approximate surface area is 147 Å². The molecule has 1 saturated heterocycles. The van der Waals surface area contributed by atoms with Crippen LogP contribution >= 0.6 is 23.1 Å². The number of thiophene rings is 1. The Morgan fingerprint density at radius 1 is 1.29 bits per heavy atom. The van der Waals surface area contributed by atoms with E-state index in [1.54, 1.807) is 11.3 Å². The fourth-order valence-corrected chi connectivity index (χ4v) is 4.95. The number of thioether (sulfide) groups is 1. The van der Waals surface area contributed by atoms with E-state index < -0.39 is 11.2 Å². The second-order valence-corrected chi connectivity index (χ2v) is 7.89. The lowest BCUT2D eigenvalue weighted by atomic mass is 10.2. The van der Waals surface area contributed by atoms with Gasteiger partial charge in [-0.1, -0.05) is 6.07 Å². The van der Waals surface area contributed by atoms with Crippen LogP contribution in [0.25, 0.3) is 0 Å². The van der Waals surface area contributed by atoms with Gasteiger partial charge in [0.25, 0.3) is 5.56 Å². The highest BCUT2D eigenvalue weighted by Crippen LogP contribution is 2.36. The molecule has 3 rings (SSSR count). The lowest BCUT2D eigenvalue weighted by molar-refractivity contribution is -0.131. The smallest absolute Gasteiger partial charge is 0.328 e. The molecule has 0 saturated carbocycles. The molecule has 1 aliphatic rings. The second kappa shape index (κ2) is 7.85. The number of rotatable bonds is 4. The fourth-order valence-electron chi connectivity index (χ4n) is 2.72. The third-order valence-corrected chi connectivity index (χ3v) is 6.46. The first-order valence-corrected chi connectivity index (χ1v) is 9.79. The molecule has 1 fully saturated rings. The number of H-pyrrole nitrogens is 1. The zero-order valence-electron chi connectivity index (χ0n) is 13.1. The van der Waals surface area contributed by atoms with Gasteiger partial charge < -0.3 is 9.47 Å². The summed E-state index contributed by atoms with van der Waals surface area (Å²) in [6, 6.07) is 5.51. The van der Waals surface area contributed by atoms with E-state index in [9.17, 15) is 14.4 Å². The Hall–Kier alpha value is -1.80. The Bertz CT molecular complexity index is 797. The van der Waals surface area contributed by atoms with Gasteiger partial charge in [-0.3, -0.25) is 14.6 Å². The second-order valence-electron chi connectivity index (χ2n) is 5.60. The molecule has 0 aliphatic carbocycles. The van der Waals surface area contributed by atoms with Gasteiger partial charge >= 0.3 is 5.69 Å². The van der Waals surface area contributed by atoms with Crippen LogP contribution in [-0.2, 0) is 11.3 Å². The van der Waals surface area contributed by atoms with E-state index in [-0.39, 0.29) is 18.9 Å². The fraction of sp³-hybridized carbons (Fsp3) is 0.438. The van der Waals surface area contributed by atoms with Crippen molar-refractivity contribution in [2.75, 3.05) is 18.8 Å². The predicted molar refractivity (Wildman–Crippen MR) is 96.7 cm³/mol. The average Bonchev–Trinajstić information content (AvgIpc) is 2.98. The van der Waals surface area contributed by atoms with Crippen molar-refractivity contribution in [3.05, 3.63) is 55.5 Å². The first-order chi connectivity index (χ1) is 11.6. The highest BCUT2D eigenvalue weighted by Gasteiger charge is 2.22.